The fraction of sp³-hybridized carbons (Fsp3) is 0.211. The molecule has 0 aromatic heterocycles. The van der Waals surface area contributed by atoms with Crippen LogP contribution in [-0.4, -0.2) is 25.2 Å². The van der Waals surface area contributed by atoms with Gasteiger partial charge in [-0.2, -0.15) is 13.2 Å². The van der Waals surface area contributed by atoms with Crippen LogP contribution in [0.2, 0.25) is 15.1 Å². The summed E-state index contributed by atoms with van der Waals surface area (Å²) >= 11 is 20.8. The second-order valence-corrected chi connectivity index (χ2v) is 7.98. The molecule has 10 heteroatoms. The minimum atomic E-state index is -4.63. The zero-order chi connectivity index (χ0) is 21.8. The van der Waals surface area contributed by atoms with Crippen LogP contribution in [0.1, 0.15) is 21.5 Å². The average molecular weight is 531 g/mol. The molecule has 1 amide bonds. The molecule has 0 saturated heterocycles. The van der Waals surface area contributed by atoms with E-state index in [9.17, 15) is 18.0 Å². The molecule has 0 spiro atoms. The van der Waals surface area contributed by atoms with Gasteiger partial charge in [0.1, 0.15) is 0 Å². The van der Waals surface area contributed by atoms with Crippen LogP contribution in [0.5, 0.6) is 0 Å². The molecular weight excluding hydrogens is 515 g/mol. The average Bonchev–Trinajstić information content (AvgIpc) is 2.63. The number of nitrogens with two attached hydrogens (primary N) is 1. The largest absolute Gasteiger partial charge is 0.416 e. The van der Waals surface area contributed by atoms with E-state index in [0.717, 1.165) is 18.2 Å². The Hall–Kier alpha value is -1.25. The van der Waals surface area contributed by atoms with Crippen LogP contribution in [0, 0.1) is 0 Å². The van der Waals surface area contributed by atoms with Crippen LogP contribution < -0.4 is 11.1 Å². The fourth-order valence-electron chi connectivity index (χ4n) is 2.48. The molecule has 0 unspecified atom stereocenters. The minimum absolute atomic E-state index is 0.00830. The summed E-state index contributed by atoms with van der Waals surface area (Å²) in [4.78, 5) is 12.0. The first-order chi connectivity index (χ1) is 13.5. The van der Waals surface area contributed by atoms with Crippen LogP contribution in [0.4, 0.5) is 13.2 Å². The lowest BCUT2D eigenvalue weighted by molar-refractivity contribution is -0.0690. The third-order valence-corrected chi connectivity index (χ3v) is 5.70. The summed E-state index contributed by atoms with van der Waals surface area (Å²) in [6.45, 7) is 0.613. The molecule has 0 atom stereocenters. The molecule has 3 nitrogen and oxygen atoms in total. The number of hydrogen-bond acceptors (Lipinski definition) is 2. The number of benzene rings is 2. The van der Waals surface area contributed by atoms with E-state index in [-0.39, 0.29) is 33.0 Å². The number of allylic oxidation sites excluding steroid dienone is 2. The monoisotopic (exact) mass is 528 g/mol. The van der Waals surface area contributed by atoms with E-state index >= 15 is 0 Å². The molecule has 0 aliphatic carbocycles. The standard InChI is InChI=1S/C19H15BrCl3F3N2O/c20-14-7-10(1-3-12(14)18(29)28-6-5-27)2-4-13(19(24,25)26)11-8-15(21)17(23)16(22)9-11/h1,3-4,7-9H,2,5-6,27H2,(H,28,29). The Bertz CT molecular complexity index is 926. The number of halogens is 7. The molecule has 156 valence electrons. The van der Waals surface area contributed by atoms with E-state index < -0.39 is 11.7 Å². The number of rotatable bonds is 6. The molecule has 0 bridgehead atoms. The number of alkyl halides is 3. The maximum absolute atomic E-state index is 13.6. The van der Waals surface area contributed by atoms with E-state index in [2.05, 4.69) is 21.2 Å². The molecular formula is C19H15BrCl3F3N2O. The second kappa shape index (κ2) is 10.2. The minimum Gasteiger partial charge on any atom is -0.351 e. The third-order valence-electron chi connectivity index (χ3n) is 3.85. The van der Waals surface area contributed by atoms with Crippen molar-refractivity contribution in [2.75, 3.05) is 13.1 Å². The highest BCUT2D eigenvalue weighted by Gasteiger charge is 2.35. The second-order valence-electron chi connectivity index (χ2n) is 5.93. The molecule has 29 heavy (non-hydrogen) atoms. The van der Waals surface area contributed by atoms with Gasteiger partial charge in [0.2, 0.25) is 0 Å². The first-order valence-electron chi connectivity index (χ1n) is 8.23. The lowest BCUT2D eigenvalue weighted by Crippen LogP contribution is -2.29. The molecule has 0 heterocycles. The van der Waals surface area contributed by atoms with Gasteiger partial charge in [0.15, 0.2) is 0 Å². The molecule has 0 aliphatic heterocycles. The molecule has 2 rings (SSSR count). The van der Waals surface area contributed by atoms with Crippen molar-refractivity contribution < 1.29 is 18.0 Å². The van der Waals surface area contributed by atoms with Gasteiger partial charge in [-0.1, -0.05) is 46.9 Å². The quantitative estimate of drug-likeness (QED) is 0.432. The Kier molecular flexibility index (Phi) is 8.43. The molecule has 0 fully saturated rings. The summed E-state index contributed by atoms with van der Waals surface area (Å²) in [6.07, 6.45) is -3.62. The molecule has 2 aromatic rings. The van der Waals surface area contributed by atoms with E-state index in [1.807, 2.05) is 0 Å². The van der Waals surface area contributed by atoms with Crippen LogP contribution in [0.3, 0.4) is 0 Å². The summed E-state index contributed by atoms with van der Waals surface area (Å²) in [7, 11) is 0. The Balaban J connectivity index is 2.33. The lowest BCUT2D eigenvalue weighted by Gasteiger charge is -2.14. The highest BCUT2D eigenvalue weighted by Crippen LogP contribution is 2.39. The third kappa shape index (κ3) is 6.36. The van der Waals surface area contributed by atoms with Crippen molar-refractivity contribution in [3.63, 3.8) is 0 Å². The molecule has 2 aromatic carbocycles. The van der Waals surface area contributed by atoms with Gasteiger partial charge in [-0.3, -0.25) is 4.79 Å². The van der Waals surface area contributed by atoms with Gasteiger partial charge in [0, 0.05) is 17.6 Å². The fourth-order valence-corrected chi connectivity index (χ4v) is 3.68. The summed E-state index contributed by atoms with van der Waals surface area (Å²) in [5.41, 5.74) is 5.20. The van der Waals surface area contributed by atoms with E-state index in [1.54, 1.807) is 12.1 Å². The van der Waals surface area contributed by atoms with E-state index in [0.29, 0.717) is 28.7 Å². The van der Waals surface area contributed by atoms with Gasteiger partial charge in [-0.05, 0) is 57.7 Å². The van der Waals surface area contributed by atoms with Gasteiger partial charge in [-0.15, -0.1) is 0 Å². The van der Waals surface area contributed by atoms with E-state index in [4.69, 9.17) is 40.5 Å². The number of carbonyl (C=O) groups is 1. The molecule has 3 N–H and O–H groups in total. The van der Waals surface area contributed by atoms with Gasteiger partial charge in [0.05, 0.1) is 26.2 Å². The summed E-state index contributed by atoms with van der Waals surface area (Å²) in [5, 5.41) is 2.48. The van der Waals surface area contributed by atoms with Gasteiger partial charge in [-0.25, -0.2) is 0 Å². The predicted octanol–water partition coefficient (Wildman–Crippen LogP) is 6.29. The highest BCUT2D eigenvalue weighted by atomic mass is 79.9. The van der Waals surface area contributed by atoms with Crippen LogP contribution in [0.15, 0.2) is 40.9 Å². The maximum Gasteiger partial charge on any atom is 0.416 e. The lowest BCUT2D eigenvalue weighted by atomic mass is 10.0. The molecule has 0 saturated carbocycles. The number of hydrogen-bond donors (Lipinski definition) is 2. The Morgan fingerprint density at radius 3 is 2.28 bits per heavy atom. The molecule has 0 radical (unpaired) electrons. The van der Waals surface area contributed by atoms with Gasteiger partial charge < -0.3 is 11.1 Å². The summed E-state index contributed by atoms with van der Waals surface area (Å²) in [6, 6.07) is 6.94. The number of amides is 1. The Morgan fingerprint density at radius 1 is 1.14 bits per heavy atom. The summed E-state index contributed by atoms with van der Waals surface area (Å²) < 4.78 is 41.2. The van der Waals surface area contributed by atoms with Crippen LogP contribution in [0.25, 0.3) is 5.57 Å². The van der Waals surface area contributed by atoms with Crippen molar-refractivity contribution in [3.05, 3.63) is 72.6 Å². The van der Waals surface area contributed by atoms with Crippen molar-refractivity contribution in [1.82, 2.24) is 5.32 Å². The zero-order valence-electron chi connectivity index (χ0n) is 14.7. The van der Waals surface area contributed by atoms with Crippen molar-refractivity contribution in [2.45, 2.75) is 12.6 Å². The Morgan fingerprint density at radius 2 is 1.76 bits per heavy atom. The van der Waals surface area contributed by atoms with E-state index in [1.165, 1.54) is 6.07 Å². The first-order valence-corrected chi connectivity index (χ1v) is 10.2. The van der Waals surface area contributed by atoms with Crippen LogP contribution >= 0.6 is 50.7 Å². The number of nitrogens with one attached hydrogen (secondary N) is 1. The zero-order valence-corrected chi connectivity index (χ0v) is 18.6. The number of carbonyl (C=O) groups excluding carboxylic acids is 1. The summed E-state index contributed by atoms with van der Waals surface area (Å²) in [5.74, 6) is -0.328. The van der Waals surface area contributed by atoms with Crippen molar-refractivity contribution in [3.8, 4) is 0 Å². The topological polar surface area (TPSA) is 55.1 Å². The van der Waals surface area contributed by atoms with Gasteiger partial charge in [0.25, 0.3) is 5.91 Å². The van der Waals surface area contributed by atoms with Crippen molar-refractivity contribution >= 4 is 62.2 Å². The van der Waals surface area contributed by atoms with Crippen molar-refractivity contribution in [2.24, 2.45) is 5.73 Å². The highest BCUT2D eigenvalue weighted by molar-refractivity contribution is 9.10. The van der Waals surface area contributed by atoms with Gasteiger partial charge >= 0.3 is 6.18 Å². The first kappa shape index (κ1) is 24.0. The smallest absolute Gasteiger partial charge is 0.351 e. The normalized spacial score (nSPS) is 12.2. The maximum atomic E-state index is 13.6. The van der Waals surface area contributed by atoms with Crippen molar-refractivity contribution in [1.29, 1.82) is 0 Å². The Labute approximate surface area is 189 Å². The van der Waals surface area contributed by atoms with Crippen LogP contribution in [-0.2, 0) is 6.42 Å². The molecule has 0 aliphatic rings. The predicted molar refractivity (Wildman–Crippen MR) is 115 cm³/mol. The SMILES string of the molecule is NCCNC(=O)c1ccc(CC=C(c2cc(Cl)c(Cl)c(Cl)c2)C(F)(F)F)cc1Br.